The summed E-state index contributed by atoms with van der Waals surface area (Å²) in [5.41, 5.74) is 2.17. The smallest absolute Gasteiger partial charge is 0.312 e. The molecule has 0 bridgehead atoms. The van der Waals surface area contributed by atoms with Gasteiger partial charge in [-0.2, -0.15) is 4.98 Å². The Morgan fingerprint density at radius 1 is 1.05 bits per heavy atom. The van der Waals surface area contributed by atoms with Crippen LogP contribution in [0.2, 0.25) is 0 Å². The van der Waals surface area contributed by atoms with Gasteiger partial charge in [-0.3, -0.25) is 19.8 Å². The second kappa shape index (κ2) is 17.9. The van der Waals surface area contributed by atoms with Gasteiger partial charge in [0.1, 0.15) is 27.7 Å². The molecule has 1 spiro atoms. The largest absolute Gasteiger partial charge is 0.436 e. The maximum Gasteiger partial charge on any atom is 0.312 e. The molecule has 2 saturated carbocycles. The molecule has 2 saturated heterocycles. The molecule has 1 aromatic carbocycles. The molecule has 0 unspecified atom stereocenters. The minimum atomic E-state index is -4.66. The van der Waals surface area contributed by atoms with Gasteiger partial charge in [-0.1, -0.05) is 38.1 Å². The maximum atomic E-state index is 13.9. The Morgan fingerprint density at radius 3 is 2.57 bits per heavy atom. The molecular weight excluding hydrogens is 851 g/mol. The van der Waals surface area contributed by atoms with Crippen molar-refractivity contribution < 1.29 is 32.7 Å². The van der Waals surface area contributed by atoms with E-state index >= 15 is 0 Å². The number of carbonyl (C=O) groups is 1. The summed E-state index contributed by atoms with van der Waals surface area (Å²) in [6.07, 6.45) is 11.1. The van der Waals surface area contributed by atoms with E-state index in [-0.39, 0.29) is 40.4 Å². The fourth-order valence-electron chi connectivity index (χ4n) is 10.2. The molecular formula is C47H57N9O8S. The second-order valence-electron chi connectivity index (χ2n) is 18.9. The molecule has 1 atom stereocenters. The van der Waals surface area contributed by atoms with Gasteiger partial charge in [0, 0.05) is 49.9 Å². The number of nitrogens with one attached hydrogen (secondary N) is 3. The van der Waals surface area contributed by atoms with Gasteiger partial charge in [0.2, 0.25) is 11.7 Å². The molecule has 5 aromatic rings. The molecule has 0 radical (unpaired) electrons. The van der Waals surface area contributed by atoms with Crippen molar-refractivity contribution in [2.24, 2.45) is 11.3 Å². The van der Waals surface area contributed by atoms with Gasteiger partial charge in [0.15, 0.2) is 0 Å². The fraction of sp³-hybridized carbons (Fsp3) is 0.489. The first-order valence-corrected chi connectivity index (χ1v) is 24.1. The molecule has 18 heteroatoms. The zero-order valence-electron chi connectivity index (χ0n) is 37.0. The molecule has 65 heavy (non-hydrogen) atoms. The molecule has 344 valence electrons. The summed E-state index contributed by atoms with van der Waals surface area (Å²) in [6, 6.07) is 17.1. The summed E-state index contributed by atoms with van der Waals surface area (Å²) < 4.78 is 41.7. The van der Waals surface area contributed by atoms with E-state index in [9.17, 15) is 28.4 Å². The zero-order chi connectivity index (χ0) is 45.5. The monoisotopic (exact) mass is 907 g/mol. The number of rotatable bonds is 13. The number of sulfonamides is 1. The number of H-pyrrole nitrogens is 1. The van der Waals surface area contributed by atoms with Crippen molar-refractivity contribution in [2.75, 3.05) is 49.6 Å². The first-order valence-electron chi connectivity index (χ1n) is 22.6. The van der Waals surface area contributed by atoms with Crippen molar-refractivity contribution in [3.63, 3.8) is 0 Å². The van der Waals surface area contributed by atoms with Crippen molar-refractivity contribution in [1.29, 1.82) is 0 Å². The van der Waals surface area contributed by atoms with Gasteiger partial charge in [-0.15, -0.1) is 0 Å². The Kier molecular flexibility index (Phi) is 12.3. The molecule has 1 amide bonds. The van der Waals surface area contributed by atoms with Crippen LogP contribution in [-0.4, -0.2) is 100 Å². The number of aromatic nitrogens is 4. The summed E-state index contributed by atoms with van der Waals surface area (Å²) >= 11 is 0. The van der Waals surface area contributed by atoms with E-state index in [1.165, 1.54) is 23.4 Å². The highest BCUT2D eigenvalue weighted by Crippen LogP contribution is 2.53. The lowest BCUT2D eigenvalue weighted by Gasteiger charge is -2.57. The van der Waals surface area contributed by atoms with Crippen molar-refractivity contribution >= 4 is 44.3 Å². The molecule has 4 aromatic heterocycles. The van der Waals surface area contributed by atoms with Crippen LogP contribution in [0.25, 0.3) is 11.0 Å². The van der Waals surface area contributed by atoms with Crippen LogP contribution in [0.1, 0.15) is 106 Å². The molecule has 6 heterocycles. The van der Waals surface area contributed by atoms with Crippen LogP contribution in [0.4, 0.5) is 17.3 Å². The Balaban J connectivity index is 0.898. The third-order valence-corrected chi connectivity index (χ3v) is 15.4. The number of ether oxygens (including phenoxy) is 2. The summed E-state index contributed by atoms with van der Waals surface area (Å²) in [5.74, 6) is 0.210. The van der Waals surface area contributed by atoms with Crippen LogP contribution in [-0.2, 0) is 14.8 Å². The number of piperidine rings is 1. The molecule has 17 nitrogen and oxygen atoms in total. The Hall–Kier alpha value is -5.69. The predicted octanol–water partition coefficient (Wildman–Crippen LogP) is 7.47. The van der Waals surface area contributed by atoms with E-state index in [0.717, 1.165) is 82.4 Å². The number of nitro groups is 1. The molecule has 4 fully saturated rings. The first kappa shape index (κ1) is 44.5. The van der Waals surface area contributed by atoms with Crippen LogP contribution in [0.15, 0.2) is 78.1 Å². The van der Waals surface area contributed by atoms with E-state index in [2.05, 4.69) is 72.9 Å². The number of fused-ring (bicyclic) bond motifs is 1. The highest BCUT2D eigenvalue weighted by molar-refractivity contribution is 7.90. The van der Waals surface area contributed by atoms with Gasteiger partial charge in [-0.05, 0) is 111 Å². The minimum absolute atomic E-state index is 0.0872. The molecule has 2 aliphatic heterocycles. The third kappa shape index (κ3) is 9.53. The van der Waals surface area contributed by atoms with E-state index < -0.39 is 37.0 Å². The Morgan fingerprint density at radius 2 is 1.82 bits per heavy atom. The quantitative estimate of drug-likeness (QED) is 0.0666. The zero-order valence-corrected chi connectivity index (χ0v) is 37.9. The number of aromatic amines is 1. The normalized spacial score (nSPS) is 22.8. The number of carbonyl (C=O) groups excluding carboxylic acids is 1. The maximum absolute atomic E-state index is 13.9. The number of pyridine rings is 3. The lowest BCUT2D eigenvalue weighted by Crippen LogP contribution is -2.58. The van der Waals surface area contributed by atoms with Crippen LogP contribution < -0.4 is 19.7 Å². The third-order valence-electron chi connectivity index (χ3n) is 14.1. The number of aliphatic hydroxyl groups is 1. The lowest BCUT2D eigenvalue weighted by molar-refractivity contribution is -0.384. The van der Waals surface area contributed by atoms with E-state index in [0.29, 0.717) is 49.4 Å². The van der Waals surface area contributed by atoms with Gasteiger partial charge < -0.3 is 29.8 Å². The fourth-order valence-corrected chi connectivity index (χ4v) is 11.2. The van der Waals surface area contributed by atoms with Crippen molar-refractivity contribution in [3.05, 3.63) is 100.0 Å². The number of nitrogens with zero attached hydrogens (tertiary/aromatic N) is 6. The summed E-state index contributed by atoms with van der Waals surface area (Å²) in [4.78, 5) is 46.0. The number of hydrogen-bond acceptors (Lipinski definition) is 14. The van der Waals surface area contributed by atoms with Gasteiger partial charge in [0.05, 0.1) is 42.2 Å². The number of morpholine rings is 1. The number of amides is 1. The molecule has 2 aliphatic carbocycles. The molecule has 4 N–H and O–H groups in total. The van der Waals surface area contributed by atoms with E-state index in [1.807, 2.05) is 6.07 Å². The molecule has 4 aliphatic rings. The van der Waals surface area contributed by atoms with Gasteiger partial charge in [0.25, 0.3) is 15.9 Å². The Bertz CT molecular complexity index is 2660. The van der Waals surface area contributed by atoms with E-state index in [1.54, 1.807) is 25.3 Å². The van der Waals surface area contributed by atoms with Crippen LogP contribution in [0.5, 0.6) is 11.6 Å². The SMILES string of the molecule is CC(C)c1ccccc1[C@H]1COCCN1C1CC2(CCN(c3ccc(C(=O)NS(=O)(=O)c4cnc(NC[C@H]5CC[C@](C)(O)CC5)c([N+](=O)[O-])c4)c(Oc4cnc5[nH]ccc5c4)n3)CC2)C1. The average Bonchev–Trinajstić information content (AvgIpc) is 3.76. The van der Waals surface area contributed by atoms with Gasteiger partial charge >= 0.3 is 5.69 Å². The highest BCUT2D eigenvalue weighted by atomic mass is 32.2. The number of anilines is 2. The van der Waals surface area contributed by atoms with Crippen molar-refractivity contribution in [3.8, 4) is 11.6 Å². The topological polar surface area (TPSA) is 218 Å². The predicted molar refractivity (Wildman–Crippen MR) is 245 cm³/mol. The van der Waals surface area contributed by atoms with Crippen LogP contribution in [0, 0.1) is 21.4 Å². The average molecular weight is 908 g/mol. The van der Waals surface area contributed by atoms with Crippen molar-refractivity contribution in [1.82, 2.24) is 29.6 Å². The minimum Gasteiger partial charge on any atom is -0.436 e. The Labute approximate surface area is 378 Å². The van der Waals surface area contributed by atoms with Crippen molar-refractivity contribution in [2.45, 2.75) is 101 Å². The second-order valence-corrected chi connectivity index (χ2v) is 20.6. The number of hydrogen-bond donors (Lipinski definition) is 4. The van der Waals surface area contributed by atoms with E-state index in [4.69, 9.17) is 14.5 Å². The number of benzene rings is 1. The summed E-state index contributed by atoms with van der Waals surface area (Å²) in [5, 5.41) is 26.2. The van der Waals surface area contributed by atoms with Crippen LogP contribution >= 0.6 is 0 Å². The summed E-state index contributed by atoms with van der Waals surface area (Å²) in [6.45, 7) is 10.5. The standard InChI is InChI=1S/C47H57N9O8S/c1-30(2)36-6-4-5-7-37(36)40-29-63-21-20-55(40)33-24-47(25-33)15-18-54(19-16-47)41-9-8-38(45(52-41)64-34-22-32-12-17-48-42(32)50-27-34)44(57)53-65(61,62)35-23-39(56(59)60)43(51-28-35)49-26-31-10-13-46(3,58)14-11-31/h4-9,12,17,22-23,27-28,30-31,33,40,58H,10-11,13-16,18-21,24-26,29H2,1-3H3,(H,48,50)(H,49,51)(H,53,57)/t31-,40-,46-/m1/s1. The molecule has 9 rings (SSSR count). The van der Waals surface area contributed by atoms with Crippen LogP contribution in [0.3, 0.4) is 0 Å². The lowest BCUT2D eigenvalue weighted by atomic mass is 9.59. The summed E-state index contributed by atoms with van der Waals surface area (Å²) in [7, 11) is -4.66. The van der Waals surface area contributed by atoms with Gasteiger partial charge in [-0.25, -0.2) is 23.1 Å². The highest BCUT2D eigenvalue weighted by Gasteiger charge is 2.50. The first-order chi connectivity index (χ1) is 31.2.